The summed E-state index contributed by atoms with van der Waals surface area (Å²) in [4.78, 5) is 17.0. The van der Waals surface area contributed by atoms with Gasteiger partial charge in [-0.25, -0.2) is 13.4 Å². The lowest BCUT2D eigenvalue weighted by Crippen LogP contribution is -2.40. The van der Waals surface area contributed by atoms with E-state index < -0.39 is 15.9 Å². The van der Waals surface area contributed by atoms with Crippen molar-refractivity contribution in [1.82, 2.24) is 9.29 Å². The van der Waals surface area contributed by atoms with E-state index in [0.717, 1.165) is 5.56 Å². The number of aryl methyl sites for hydroxylation is 1. The molecule has 1 fully saturated rings. The molecular weight excluding hydrogens is 386 g/mol. The highest BCUT2D eigenvalue weighted by Gasteiger charge is 2.29. The minimum Gasteiger partial charge on any atom is -0.379 e. The van der Waals surface area contributed by atoms with Gasteiger partial charge in [0.15, 0.2) is 0 Å². The predicted octanol–water partition coefficient (Wildman–Crippen LogP) is 2.39. The molecule has 2 aromatic rings. The minimum absolute atomic E-state index is 0.0901. The minimum atomic E-state index is -3.74. The normalized spacial score (nSPS) is 15.5. The first-order valence-electron chi connectivity index (χ1n) is 8.42. The number of benzene rings is 1. The number of hydrogen-bond acceptors (Lipinski definition) is 6. The molecule has 0 bridgehead atoms. The van der Waals surface area contributed by atoms with Crippen LogP contribution in [-0.2, 0) is 14.8 Å². The Morgan fingerprint density at radius 3 is 2.70 bits per heavy atom. The molecule has 2 heterocycles. The second kappa shape index (κ2) is 8.39. The third-order valence-electron chi connectivity index (χ3n) is 4.18. The second-order valence-corrected chi connectivity index (χ2v) is 8.73. The van der Waals surface area contributed by atoms with Gasteiger partial charge in [0, 0.05) is 19.3 Å². The standard InChI is InChI=1S/C18H21N3O4S2/c1-13-5-6-15(20-17(22)14-4-3-7-19-18(14)26-2)16(12-13)27(23,24)21-8-10-25-11-9-21/h3-7,12H,8-11H2,1-2H3,(H,20,22). The maximum absolute atomic E-state index is 13.1. The SMILES string of the molecule is CSc1ncccc1C(=O)Nc1ccc(C)cc1S(=O)(=O)N1CCOCC1. The number of sulfonamides is 1. The molecule has 3 rings (SSSR count). The Kier molecular flexibility index (Phi) is 6.15. The molecule has 0 aliphatic carbocycles. The monoisotopic (exact) mass is 407 g/mol. The summed E-state index contributed by atoms with van der Waals surface area (Å²) in [6, 6.07) is 8.31. The predicted molar refractivity (Wildman–Crippen MR) is 105 cm³/mol. The van der Waals surface area contributed by atoms with Gasteiger partial charge in [0.25, 0.3) is 5.91 Å². The fourth-order valence-electron chi connectivity index (χ4n) is 2.79. The first kappa shape index (κ1) is 19.8. The number of aromatic nitrogens is 1. The van der Waals surface area contributed by atoms with E-state index >= 15 is 0 Å². The summed E-state index contributed by atoms with van der Waals surface area (Å²) in [7, 11) is -3.74. The molecule has 7 nitrogen and oxygen atoms in total. The zero-order chi connectivity index (χ0) is 19.4. The highest BCUT2D eigenvalue weighted by atomic mass is 32.2. The number of rotatable bonds is 5. The van der Waals surface area contributed by atoms with Gasteiger partial charge in [-0.3, -0.25) is 4.79 Å². The Morgan fingerprint density at radius 1 is 1.26 bits per heavy atom. The number of thioether (sulfide) groups is 1. The number of nitrogens with zero attached hydrogens (tertiary/aromatic N) is 2. The molecular formula is C18H21N3O4S2. The molecule has 1 amide bonds. The van der Waals surface area contributed by atoms with Gasteiger partial charge in [0.05, 0.1) is 24.5 Å². The summed E-state index contributed by atoms with van der Waals surface area (Å²) in [6.07, 6.45) is 3.45. The van der Waals surface area contributed by atoms with Crippen LogP contribution in [0.15, 0.2) is 46.5 Å². The molecule has 0 saturated carbocycles. The summed E-state index contributed by atoms with van der Waals surface area (Å²) in [5.41, 5.74) is 1.46. The van der Waals surface area contributed by atoms with Crippen molar-refractivity contribution >= 4 is 33.4 Å². The average molecular weight is 408 g/mol. The third-order valence-corrected chi connectivity index (χ3v) is 6.83. The van der Waals surface area contributed by atoms with Crippen LogP contribution in [0.2, 0.25) is 0 Å². The van der Waals surface area contributed by atoms with Gasteiger partial charge in [-0.1, -0.05) is 6.07 Å². The highest BCUT2D eigenvalue weighted by molar-refractivity contribution is 7.98. The molecule has 1 aliphatic rings. The molecule has 1 aliphatic heterocycles. The zero-order valence-electron chi connectivity index (χ0n) is 15.1. The Bertz CT molecular complexity index is 941. The number of anilines is 1. The summed E-state index contributed by atoms with van der Waals surface area (Å²) >= 11 is 1.36. The number of pyridine rings is 1. The number of nitrogens with one attached hydrogen (secondary N) is 1. The molecule has 144 valence electrons. The van der Waals surface area contributed by atoms with Crippen molar-refractivity contribution in [1.29, 1.82) is 0 Å². The topological polar surface area (TPSA) is 88.6 Å². The van der Waals surface area contributed by atoms with E-state index in [1.807, 2.05) is 13.2 Å². The molecule has 1 saturated heterocycles. The Hall–Kier alpha value is -1.94. The van der Waals surface area contributed by atoms with Crippen molar-refractivity contribution in [2.75, 3.05) is 37.9 Å². The lowest BCUT2D eigenvalue weighted by Gasteiger charge is -2.27. The molecule has 27 heavy (non-hydrogen) atoms. The smallest absolute Gasteiger partial charge is 0.258 e. The number of ether oxygens (including phenoxy) is 1. The Balaban J connectivity index is 1.96. The van der Waals surface area contributed by atoms with Crippen LogP contribution in [-0.4, -0.2) is 56.2 Å². The van der Waals surface area contributed by atoms with Crippen LogP contribution in [0.25, 0.3) is 0 Å². The van der Waals surface area contributed by atoms with Crippen LogP contribution < -0.4 is 5.32 Å². The summed E-state index contributed by atoms with van der Waals surface area (Å²) < 4.78 is 32.8. The molecule has 0 unspecified atom stereocenters. The van der Waals surface area contributed by atoms with Gasteiger partial charge >= 0.3 is 0 Å². The molecule has 0 radical (unpaired) electrons. The van der Waals surface area contributed by atoms with E-state index in [4.69, 9.17) is 4.74 Å². The Morgan fingerprint density at radius 2 is 2.00 bits per heavy atom. The first-order valence-corrected chi connectivity index (χ1v) is 11.1. The van der Waals surface area contributed by atoms with E-state index in [9.17, 15) is 13.2 Å². The van der Waals surface area contributed by atoms with Crippen molar-refractivity contribution in [2.24, 2.45) is 0 Å². The number of amides is 1. The zero-order valence-corrected chi connectivity index (χ0v) is 16.8. The molecule has 9 heteroatoms. The second-order valence-electron chi connectivity index (χ2n) is 6.03. The maximum atomic E-state index is 13.1. The van der Waals surface area contributed by atoms with E-state index in [2.05, 4.69) is 10.3 Å². The van der Waals surface area contributed by atoms with E-state index in [1.165, 1.54) is 16.1 Å². The first-order chi connectivity index (χ1) is 12.9. The molecule has 1 aromatic heterocycles. The van der Waals surface area contributed by atoms with Gasteiger partial charge in [0.1, 0.15) is 9.92 Å². The largest absolute Gasteiger partial charge is 0.379 e. The van der Waals surface area contributed by atoms with Crippen LogP contribution in [0.5, 0.6) is 0 Å². The van der Waals surface area contributed by atoms with E-state index in [0.29, 0.717) is 36.9 Å². The molecule has 1 aromatic carbocycles. The van der Waals surface area contributed by atoms with Crippen molar-refractivity contribution < 1.29 is 17.9 Å². The fraction of sp³-hybridized carbons (Fsp3) is 0.333. The lowest BCUT2D eigenvalue weighted by molar-refractivity contribution is 0.0730. The van der Waals surface area contributed by atoms with Gasteiger partial charge < -0.3 is 10.1 Å². The van der Waals surface area contributed by atoms with Crippen molar-refractivity contribution in [3.63, 3.8) is 0 Å². The Labute approximate surface area is 163 Å². The third kappa shape index (κ3) is 4.32. The van der Waals surface area contributed by atoms with E-state index in [-0.39, 0.29) is 10.6 Å². The van der Waals surface area contributed by atoms with Crippen LogP contribution in [0.4, 0.5) is 5.69 Å². The highest BCUT2D eigenvalue weighted by Crippen LogP contribution is 2.28. The van der Waals surface area contributed by atoms with Crippen molar-refractivity contribution in [2.45, 2.75) is 16.8 Å². The van der Waals surface area contributed by atoms with Gasteiger partial charge in [0.2, 0.25) is 10.0 Å². The maximum Gasteiger partial charge on any atom is 0.258 e. The van der Waals surface area contributed by atoms with Crippen molar-refractivity contribution in [3.8, 4) is 0 Å². The van der Waals surface area contributed by atoms with Crippen molar-refractivity contribution in [3.05, 3.63) is 47.7 Å². The fourth-order valence-corrected chi connectivity index (χ4v) is 4.97. The van der Waals surface area contributed by atoms with Crippen LogP contribution in [0.1, 0.15) is 15.9 Å². The number of carbonyl (C=O) groups excluding carboxylic acids is 1. The lowest BCUT2D eigenvalue weighted by atomic mass is 10.2. The number of morpholine rings is 1. The molecule has 0 atom stereocenters. The average Bonchev–Trinajstić information content (AvgIpc) is 2.69. The number of hydrogen-bond donors (Lipinski definition) is 1. The quantitative estimate of drug-likeness (QED) is 0.766. The number of carbonyl (C=O) groups is 1. The van der Waals surface area contributed by atoms with Gasteiger partial charge in [-0.15, -0.1) is 11.8 Å². The summed E-state index contributed by atoms with van der Waals surface area (Å²) in [6.45, 7) is 3.13. The molecule has 1 N–H and O–H groups in total. The summed E-state index contributed by atoms with van der Waals surface area (Å²) in [5, 5.41) is 3.33. The van der Waals surface area contributed by atoms with Crippen LogP contribution >= 0.6 is 11.8 Å². The van der Waals surface area contributed by atoms with Gasteiger partial charge in [-0.2, -0.15) is 4.31 Å². The van der Waals surface area contributed by atoms with Crippen LogP contribution in [0, 0.1) is 6.92 Å². The molecule has 0 spiro atoms. The van der Waals surface area contributed by atoms with Gasteiger partial charge in [-0.05, 0) is 43.0 Å². The van der Waals surface area contributed by atoms with Crippen LogP contribution in [0.3, 0.4) is 0 Å². The summed E-state index contributed by atoms with van der Waals surface area (Å²) in [5.74, 6) is -0.394. The van der Waals surface area contributed by atoms with E-state index in [1.54, 1.807) is 36.5 Å².